The van der Waals surface area contributed by atoms with Crippen LogP contribution >= 0.6 is 0 Å². The summed E-state index contributed by atoms with van der Waals surface area (Å²) in [6.45, 7) is 6.69. The third kappa shape index (κ3) is 4.01. The van der Waals surface area contributed by atoms with Gasteiger partial charge >= 0.3 is 0 Å². The molecule has 1 fully saturated rings. The molecule has 1 amide bonds. The minimum atomic E-state index is -0.159. The second-order valence-electron chi connectivity index (χ2n) is 6.63. The SMILES string of the molecule is Cc1ccc(C)c(C(NC(=O)CN2CCCC2)c2cccnc2)c1. The Kier molecular flexibility index (Phi) is 5.26. The second kappa shape index (κ2) is 7.58. The van der Waals surface area contributed by atoms with Crippen molar-refractivity contribution in [1.29, 1.82) is 0 Å². The summed E-state index contributed by atoms with van der Waals surface area (Å²) in [7, 11) is 0. The molecule has 0 aliphatic carbocycles. The lowest BCUT2D eigenvalue weighted by Crippen LogP contribution is -2.38. The van der Waals surface area contributed by atoms with E-state index >= 15 is 0 Å². The van der Waals surface area contributed by atoms with Gasteiger partial charge in [-0.3, -0.25) is 14.7 Å². The van der Waals surface area contributed by atoms with Crippen molar-refractivity contribution >= 4 is 5.91 Å². The molecule has 1 aliphatic heterocycles. The standard InChI is InChI=1S/C20H25N3O/c1-15-7-8-16(2)18(12-15)20(17-6-5-9-21-13-17)22-19(24)14-23-10-3-4-11-23/h5-9,12-13,20H,3-4,10-11,14H2,1-2H3,(H,22,24). The fourth-order valence-corrected chi connectivity index (χ4v) is 3.31. The van der Waals surface area contributed by atoms with Gasteiger partial charge in [-0.2, -0.15) is 0 Å². The van der Waals surface area contributed by atoms with E-state index in [1.807, 2.05) is 18.3 Å². The molecule has 126 valence electrons. The van der Waals surface area contributed by atoms with Crippen LogP contribution < -0.4 is 5.32 Å². The smallest absolute Gasteiger partial charge is 0.234 e. The fraction of sp³-hybridized carbons (Fsp3) is 0.400. The summed E-state index contributed by atoms with van der Waals surface area (Å²) >= 11 is 0. The molecule has 2 aromatic rings. The van der Waals surface area contributed by atoms with Crippen LogP contribution in [0.3, 0.4) is 0 Å². The molecule has 3 rings (SSSR count). The van der Waals surface area contributed by atoms with Crippen LogP contribution in [-0.4, -0.2) is 35.4 Å². The Morgan fingerprint density at radius 3 is 2.75 bits per heavy atom. The third-order valence-electron chi connectivity index (χ3n) is 4.63. The lowest BCUT2D eigenvalue weighted by molar-refractivity contribution is -0.122. The van der Waals surface area contributed by atoms with Crippen LogP contribution in [0.5, 0.6) is 0 Å². The minimum Gasteiger partial charge on any atom is -0.344 e. The number of carbonyl (C=O) groups is 1. The van der Waals surface area contributed by atoms with Gasteiger partial charge in [-0.25, -0.2) is 0 Å². The molecule has 4 nitrogen and oxygen atoms in total. The van der Waals surface area contributed by atoms with Crippen molar-refractivity contribution in [1.82, 2.24) is 15.2 Å². The van der Waals surface area contributed by atoms with E-state index in [1.54, 1.807) is 6.20 Å². The zero-order valence-electron chi connectivity index (χ0n) is 14.5. The fourth-order valence-electron chi connectivity index (χ4n) is 3.31. The molecule has 1 aromatic carbocycles. The molecule has 1 N–H and O–H groups in total. The van der Waals surface area contributed by atoms with Crippen LogP contribution in [0.25, 0.3) is 0 Å². The average molecular weight is 323 g/mol. The summed E-state index contributed by atoms with van der Waals surface area (Å²) in [5.74, 6) is 0.0756. The molecule has 24 heavy (non-hydrogen) atoms. The summed E-state index contributed by atoms with van der Waals surface area (Å²) in [5.41, 5.74) is 4.52. The van der Waals surface area contributed by atoms with E-state index in [1.165, 1.54) is 24.0 Å². The Balaban J connectivity index is 1.85. The van der Waals surface area contributed by atoms with E-state index in [-0.39, 0.29) is 11.9 Å². The zero-order chi connectivity index (χ0) is 16.9. The third-order valence-corrected chi connectivity index (χ3v) is 4.63. The van der Waals surface area contributed by atoms with Crippen LogP contribution in [0.4, 0.5) is 0 Å². The van der Waals surface area contributed by atoms with Gasteiger partial charge in [0.1, 0.15) is 0 Å². The number of benzene rings is 1. The number of aryl methyl sites for hydroxylation is 2. The first-order valence-corrected chi connectivity index (χ1v) is 8.62. The average Bonchev–Trinajstić information content (AvgIpc) is 3.09. The maximum atomic E-state index is 12.6. The number of nitrogens with one attached hydrogen (secondary N) is 1. The van der Waals surface area contributed by atoms with Gasteiger partial charge in [0.05, 0.1) is 12.6 Å². The van der Waals surface area contributed by atoms with Crippen molar-refractivity contribution in [2.75, 3.05) is 19.6 Å². The number of amides is 1. The van der Waals surface area contributed by atoms with E-state index in [0.29, 0.717) is 6.54 Å². The summed E-state index contributed by atoms with van der Waals surface area (Å²) in [6.07, 6.45) is 5.98. The number of pyridine rings is 1. The number of likely N-dealkylation sites (tertiary alicyclic amines) is 1. The van der Waals surface area contributed by atoms with E-state index in [0.717, 1.165) is 24.2 Å². The largest absolute Gasteiger partial charge is 0.344 e. The first kappa shape index (κ1) is 16.7. The molecular formula is C20H25N3O. The van der Waals surface area contributed by atoms with Gasteiger partial charge in [-0.1, -0.05) is 29.8 Å². The molecule has 1 aliphatic rings. The zero-order valence-corrected chi connectivity index (χ0v) is 14.5. The molecule has 0 saturated carbocycles. The highest BCUT2D eigenvalue weighted by Crippen LogP contribution is 2.25. The predicted octanol–water partition coefficient (Wildman–Crippen LogP) is 3.00. The maximum absolute atomic E-state index is 12.6. The highest BCUT2D eigenvalue weighted by Gasteiger charge is 2.21. The van der Waals surface area contributed by atoms with Crippen LogP contribution in [-0.2, 0) is 4.79 Å². The predicted molar refractivity (Wildman–Crippen MR) is 95.8 cm³/mol. The van der Waals surface area contributed by atoms with Gasteiger partial charge in [-0.05, 0) is 62.5 Å². The molecule has 0 bridgehead atoms. The quantitative estimate of drug-likeness (QED) is 0.920. The minimum absolute atomic E-state index is 0.0756. The summed E-state index contributed by atoms with van der Waals surface area (Å²) in [6, 6.07) is 10.2. The molecule has 1 aromatic heterocycles. The molecule has 2 heterocycles. The van der Waals surface area contributed by atoms with Crippen LogP contribution in [0, 0.1) is 13.8 Å². The lowest BCUT2D eigenvalue weighted by atomic mass is 9.94. The molecule has 0 radical (unpaired) electrons. The van der Waals surface area contributed by atoms with Gasteiger partial charge in [0.15, 0.2) is 0 Å². The number of nitrogens with zero attached hydrogens (tertiary/aromatic N) is 2. The second-order valence-corrected chi connectivity index (χ2v) is 6.63. The number of rotatable bonds is 5. The van der Waals surface area contributed by atoms with E-state index in [2.05, 4.69) is 47.2 Å². The Bertz CT molecular complexity index is 693. The van der Waals surface area contributed by atoms with Crippen molar-refractivity contribution in [3.63, 3.8) is 0 Å². The van der Waals surface area contributed by atoms with Crippen LogP contribution in [0.2, 0.25) is 0 Å². The molecule has 1 unspecified atom stereocenters. The van der Waals surface area contributed by atoms with Crippen LogP contribution in [0.15, 0.2) is 42.7 Å². The summed E-state index contributed by atoms with van der Waals surface area (Å²) < 4.78 is 0. The lowest BCUT2D eigenvalue weighted by Gasteiger charge is -2.23. The summed E-state index contributed by atoms with van der Waals surface area (Å²) in [5, 5.41) is 3.22. The van der Waals surface area contributed by atoms with Gasteiger partial charge in [0.2, 0.25) is 5.91 Å². The Morgan fingerprint density at radius 1 is 1.25 bits per heavy atom. The maximum Gasteiger partial charge on any atom is 0.234 e. The van der Waals surface area contributed by atoms with E-state index < -0.39 is 0 Å². The number of hydrogen-bond donors (Lipinski definition) is 1. The molecular weight excluding hydrogens is 298 g/mol. The van der Waals surface area contributed by atoms with Gasteiger partial charge in [0, 0.05) is 12.4 Å². The number of aromatic nitrogens is 1. The van der Waals surface area contributed by atoms with Gasteiger partial charge in [0.25, 0.3) is 0 Å². The molecule has 4 heteroatoms. The number of carbonyl (C=O) groups excluding carboxylic acids is 1. The van der Waals surface area contributed by atoms with Crippen molar-refractivity contribution in [2.45, 2.75) is 32.7 Å². The Labute approximate surface area is 143 Å². The normalized spacial score (nSPS) is 16.1. The highest BCUT2D eigenvalue weighted by molar-refractivity contribution is 5.79. The number of hydrogen-bond acceptors (Lipinski definition) is 3. The Morgan fingerprint density at radius 2 is 2.04 bits per heavy atom. The first-order chi connectivity index (χ1) is 11.6. The molecule has 1 saturated heterocycles. The first-order valence-electron chi connectivity index (χ1n) is 8.62. The van der Waals surface area contributed by atoms with Crippen molar-refractivity contribution in [2.24, 2.45) is 0 Å². The highest BCUT2D eigenvalue weighted by atomic mass is 16.2. The van der Waals surface area contributed by atoms with Gasteiger partial charge in [-0.15, -0.1) is 0 Å². The van der Waals surface area contributed by atoms with Crippen molar-refractivity contribution in [3.8, 4) is 0 Å². The topological polar surface area (TPSA) is 45.2 Å². The van der Waals surface area contributed by atoms with E-state index in [4.69, 9.17) is 0 Å². The van der Waals surface area contributed by atoms with Crippen molar-refractivity contribution < 1.29 is 4.79 Å². The van der Waals surface area contributed by atoms with E-state index in [9.17, 15) is 4.79 Å². The Hall–Kier alpha value is -2.20. The molecule has 1 atom stereocenters. The van der Waals surface area contributed by atoms with Gasteiger partial charge < -0.3 is 5.32 Å². The summed E-state index contributed by atoms with van der Waals surface area (Å²) in [4.78, 5) is 19.0. The van der Waals surface area contributed by atoms with Crippen LogP contribution in [0.1, 0.15) is 41.1 Å². The van der Waals surface area contributed by atoms with Crippen molar-refractivity contribution in [3.05, 3.63) is 65.0 Å². The monoisotopic (exact) mass is 323 g/mol. The molecule has 0 spiro atoms.